The van der Waals surface area contributed by atoms with Crippen LogP contribution >= 0.6 is 0 Å². The second kappa shape index (κ2) is 6.73. The van der Waals surface area contributed by atoms with Gasteiger partial charge in [0.1, 0.15) is 12.7 Å². The van der Waals surface area contributed by atoms with Crippen LogP contribution in [0.5, 0.6) is 0 Å². The van der Waals surface area contributed by atoms with E-state index in [2.05, 4.69) is 53.2 Å². The van der Waals surface area contributed by atoms with Crippen molar-refractivity contribution in [2.24, 2.45) is 0 Å². The highest BCUT2D eigenvalue weighted by Crippen LogP contribution is 2.14. The summed E-state index contributed by atoms with van der Waals surface area (Å²) in [6.07, 6.45) is 7.37. The largest absolute Gasteiger partial charge is 0.383 e. The van der Waals surface area contributed by atoms with Crippen molar-refractivity contribution in [1.29, 1.82) is 0 Å². The molecule has 0 aliphatic carbocycles. The van der Waals surface area contributed by atoms with Crippen LogP contribution in [0.1, 0.15) is 25.3 Å². The SMILES string of the molecule is C=CCCC(C)Nc1cccc(Cn2cncn2)c1. The van der Waals surface area contributed by atoms with Gasteiger partial charge in [-0.25, -0.2) is 9.67 Å². The second-order valence-electron chi connectivity index (χ2n) is 4.70. The Morgan fingerprint density at radius 1 is 1.47 bits per heavy atom. The summed E-state index contributed by atoms with van der Waals surface area (Å²) in [5, 5.41) is 7.62. The number of hydrogen-bond donors (Lipinski definition) is 1. The van der Waals surface area contributed by atoms with Gasteiger partial charge in [-0.15, -0.1) is 6.58 Å². The maximum absolute atomic E-state index is 4.12. The van der Waals surface area contributed by atoms with Gasteiger partial charge < -0.3 is 5.32 Å². The van der Waals surface area contributed by atoms with Crippen LogP contribution in [-0.4, -0.2) is 20.8 Å². The summed E-state index contributed by atoms with van der Waals surface area (Å²) in [6.45, 7) is 6.69. The third-order valence-electron chi connectivity index (χ3n) is 2.96. The summed E-state index contributed by atoms with van der Waals surface area (Å²) in [4.78, 5) is 3.95. The molecule has 1 heterocycles. The van der Waals surface area contributed by atoms with Crippen LogP contribution in [-0.2, 0) is 6.54 Å². The number of nitrogens with one attached hydrogen (secondary N) is 1. The normalized spacial score (nSPS) is 12.1. The summed E-state index contributed by atoms with van der Waals surface area (Å²) < 4.78 is 1.82. The van der Waals surface area contributed by atoms with Gasteiger partial charge in [0.25, 0.3) is 0 Å². The van der Waals surface area contributed by atoms with Crippen molar-refractivity contribution in [2.45, 2.75) is 32.4 Å². The van der Waals surface area contributed by atoms with Crippen LogP contribution in [0.3, 0.4) is 0 Å². The molecule has 0 radical (unpaired) electrons. The van der Waals surface area contributed by atoms with Crippen LogP contribution in [0.2, 0.25) is 0 Å². The highest BCUT2D eigenvalue weighted by atomic mass is 15.3. The van der Waals surface area contributed by atoms with Crippen LogP contribution in [0.25, 0.3) is 0 Å². The summed E-state index contributed by atoms with van der Waals surface area (Å²) >= 11 is 0. The van der Waals surface area contributed by atoms with Gasteiger partial charge in [-0.3, -0.25) is 0 Å². The Kier molecular flexibility index (Phi) is 4.72. The molecule has 0 spiro atoms. The second-order valence-corrected chi connectivity index (χ2v) is 4.70. The van der Waals surface area contributed by atoms with Crippen LogP contribution in [0.15, 0.2) is 49.6 Å². The van der Waals surface area contributed by atoms with Crippen molar-refractivity contribution in [3.05, 3.63) is 55.1 Å². The molecule has 1 aromatic heterocycles. The van der Waals surface area contributed by atoms with Crippen molar-refractivity contribution < 1.29 is 0 Å². The maximum atomic E-state index is 4.12. The number of benzene rings is 1. The third-order valence-corrected chi connectivity index (χ3v) is 2.96. The predicted molar refractivity (Wildman–Crippen MR) is 78.1 cm³/mol. The van der Waals surface area contributed by atoms with E-state index in [1.165, 1.54) is 5.56 Å². The lowest BCUT2D eigenvalue weighted by Crippen LogP contribution is -2.14. The van der Waals surface area contributed by atoms with Gasteiger partial charge in [-0.05, 0) is 37.5 Å². The Morgan fingerprint density at radius 3 is 3.11 bits per heavy atom. The topological polar surface area (TPSA) is 42.7 Å². The van der Waals surface area contributed by atoms with Crippen molar-refractivity contribution >= 4 is 5.69 Å². The number of anilines is 1. The fourth-order valence-corrected chi connectivity index (χ4v) is 1.99. The Bertz CT molecular complexity index is 505. The van der Waals surface area contributed by atoms with Crippen molar-refractivity contribution in [2.75, 3.05) is 5.32 Å². The highest BCUT2D eigenvalue weighted by molar-refractivity contribution is 5.46. The predicted octanol–water partition coefficient (Wildman–Crippen LogP) is 3.09. The molecule has 4 nitrogen and oxygen atoms in total. The summed E-state index contributed by atoms with van der Waals surface area (Å²) in [5.41, 5.74) is 2.36. The van der Waals surface area contributed by atoms with Gasteiger partial charge in [0, 0.05) is 11.7 Å². The first-order chi connectivity index (χ1) is 9.28. The van der Waals surface area contributed by atoms with Gasteiger partial charge in [0.05, 0.1) is 6.54 Å². The van der Waals surface area contributed by atoms with E-state index >= 15 is 0 Å². The molecule has 0 bridgehead atoms. The van der Waals surface area contributed by atoms with Crippen LogP contribution in [0.4, 0.5) is 5.69 Å². The van der Waals surface area contributed by atoms with Crippen LogP contribution < -0.4 is 5.32 Å². The molecule has 0 aliphatic rings. The molecule has 2 rings (SSSR count). The minimum Gasteiger partial charge on any atom is -0.383 e. The first kappa shape index (κ1) is 13.3. The fourth-order valence-electron chi connectivity index (χ4n) is 1.99. The molecule has 0 amide bonds. The van der Waals surface area contributed by atoms with Gasteiger partial charge in [0.2, 0.25) is 0 Å². The Hall–Kier alpha value is -2.10. The van der Waals surface area contributed by atoms with E-state index in [0.29, 0.717) is 6.04 Å². The number of hydrogen-bond acceptors (Lipinski definition) is 3. The Morgan fingerprint density at radius 2 is 2.37 bits per heavy atom. The Labute approximate surface area is 114 Å². The summed E-state index contributed by atoms with van der Waals surface area (Å²) in [6, 6.07) is 8.86. The summed E-state index contributed by atoms with van der Waals surface area (Å²) in [7, 11) is 0. The molecule has 1 N–H and O–H groups in total. The molecule has 1 atom stereocenters. The zero-order valence-corrected chi connectivity index (χ0v) is 11.3. The molecule has 1 aromatic carbocycles. The molecule has 0 saturated carbocycles. The van der Waals surface area contributed by atoms with Crippen molar-refractivity contribution in [1.82, 2.24) is 14.8 Å². The molecule has 0 saturated heterocycles. The van der Waals surface area contributed by atoms with E-state index in [-0.39, 0.29) is 0 Å². The molecular weight excluding hydrogens is 236 g/mol. The number of rotatable bonds is 7. The van der Waals surface area contributed by atoms with Crippen LogP contribution in [0, 0.1) is 0 Å². The lowest BCUT2D eigenvalue weighted by Gasteiger charge is -2.15. The van der Waals surface area contributed by atoms with E-state index in [1.54, 1.807) is 12.7 Å². The Balaban J connectivity index is 1.96. The average molecular weight is 256 g/mol. The summed E-state index contributed by atoms with van der Waals surface area (Å²) in [5.74, 6) is 0. The monoisotopic (exact) mass is 256 g/mol. The van der Waals surface area contributed by atoms with E-state index in [1.807, 2.05) is 10.8 Å². The first-order valence-corrected chi connectivity index (χ1v) is 6.56. The van der Waals surface area contributed by atoms with E-state index in [4.69, 9.17) is 0 Å². The van der Waals surface area contributed by atoms with Gasteiger partial charge in [0.15, 0.2) is 0 Å². The van der Waals surface area contributed by atoms with E-state index in [9.17, 15) is 0 Å². The number of allylic oxidation sites excluding steroid dienone is 1. The molecule has 100 valence electrons. The molecule has 0 fully saturated rings. The molecule has 1 unspecified atom stereocenters. The van der Waals surface area contributed by atoms with E-state index in [0.717, 1.165) is 25.1 Å². The third kappa shape index (κ3) is 4.25. The molecular formula is C15H20N4. The lowest BCUT2D eigenvalue weighted by atomic mass is 10.1. The van der Waals surface area contributed by atoms with E-state index < -0.39 is 0 Å². The zero-order chi connectivity index (χ0) is 13.5. The van der Waals surface area contributed by atoms with Gasteiger partial charge in [-0.1, -0.05) is 18.2 Å². The molecule has 2 aromatic rings. The average Bonchev–Trinajstić information content (AvgIpc) is 2.89. The maximum Gasteiger partial charge on any atom is 0.137 e. The number of aromatic nitrogens is 3. The minimum atomic E-state index is 0.444. The fraction of sp³-hybridized carbons (Fsp3) is 0.333. The molecule has 19 heavy (non-hydrogen) atoms. The minimum absolute atomic E-state index is 0.444. The standard InChI is InChI=1S/C15H20N4/c1-3-4-6-13(2)18-15-8-5-7-14(9-15)10-19-12-16-11-17-19/h3,5,7-9,11-13,18H,1,4,6,10H2,2H3. The van der Waals surface area contributed by atoms with Gasteiger partial charge >= 0.3 is 0 Å². The quantitative estimate of drug-likeness (QED) is 0.774. The zero-order valence-electron chi connectivity index (χ0n) is 11.3. The molecule has 4 heteroatoms. The van der Waals surface area contributed by atoms with Crippen molar-refractivity contribution in [3.63, 3.8) is 0 Å². The first-order valence-electron chi connectivity index (χ1n) is 6.56. The number of nitrogens with zero attached hydrogens (tertiary/aromatic N) is 3. The van der Waals surface area contributed by atoms with Gasteiger partial charge in [-0.2, -0.15) is 5.10 Å². The lowest BCUT2D eigenvalue weighted by molar-refractivity contribution is 0.684. The molecule has 0 aliphatic heterocycles. The smallest absolute Gasteiger partial charge is 0.137 e. The highest BCUT2D eigenvalue weighted by Gasteiger charge is 2.02. The van der Waals surface area contributed by atoms with Crippen molar-refractivity contribution in [3.8, 4) is 0 Å².